The molecule has 0 aliphatic heterocycles. The van der Waals surface area contributed by atoms with Crippen LogP contribution in [0.15, 0.2) is 42.6 Å². The maximum Gasteiger partial charge on any atom is 0.251 e. The van der Waals surface area contributed by atoms with Crippen LogP contribution >= 0.6 is 0 Å². The molecule has 3 rings (SSSR count). The first kappa shape index (κ1) is 13.5. The molecule has 1 aliphatic rings. The van der Waals surface area contributed by atoms with E-state index in [1.54, 1.807) is 35.6 Å². The average Bonchev–Trinajstić information content (AvgIpc) is 3.08. The van der Waals surface area contributed by atoms with E-state index in [4.69, 9.17) is 0 Å². The summed E-state index contributed by atoms with van der Waals surface area (Å²) in [7, 11) is 0. The number of allylic oxidation sites excluding steroid dienone is 1. The third kappa shape index (κ3) is 3.34. The summed E-state index contributed by atoms with van der Waals surface area (Å²) >= 11 is 0. The van der Waals surface area contributed by atoms with E-state index in [0.717, 1.165) is 12.8 Å². The number of carbonyl (C=O) groups excluding carboxylic acids is 1. The van der Waals surface area contributed by atoms with E-state index >= 15 is 0 Å². The molecule has 108 valence electrons. The minimum atomic E-state index is -0.0850. The predicted molar refractivity (Wildman–Crippen MR) is 78.0 cm³/mol. The summed E-state index contributed by atoms with van der Waals surface area (Å²) in [5.41, 5.74) is 1.91. The summed E-state index contributed by atoms with van der Waals surface area (Å²) in [5.74, 6) is 0.544. The third-order valence-electron chi connectivity index (χ3n) is 3.55. The zero-order chi connectivity index (χ0) is 14.5. The van der Waals surface area contributed by atoms with Crippen molar-refractivity contribution >= 4 is 5.91 Å². The van der Waals surface area contributed by atoms with Gasteiger partial charge in [-0.1, -0.05) is 11.6 Å². The van der Waals surface area contributed by atoms with Gasteiger partial charge in [-0.3, -0.25) is 9.36 Å². The molecule has 0 spiro atoms. The Kier molecular flexibility index (Phi) is 4.04. The molecule has 6 nitrogen and oxygen atoms in total. The van der Waals surface area contributed by atoms with Gasteiger partial charge >= 0.3 is 0 Å². The molecule has 6 heteroatoms. The molecule has 0 fully saturated rings. The summed E-state index contributed by atoms with van der Waals surface area (Å²) < 4.78 is 1.67. The molecule has 2 aromatic heterocycles. The van der Waals surface area contributed by atoms with Crippen LogP contribution in [0.2, 0.25) is 0 Å². The number of hydrogen-bond donors (Lipinski definition) is 1. The molecule has 1 N–H and O–H groups in total. The Labute approximate surface area is 122 Å². The monoisotopic (exact) mass is 283 g/mol. The molecule has 0 radical (unpaired) electrons. The van der Waals surface area contributed by atoms with Crippen molar-refractivity contribution in [2.24, 2.45) is 0 Å². The fourth-order valence-corrected chi connectivity index (χ4v) is 2.38. The van der Waals surface area contributed by atoms with Crippen LogP contribution in [0.3, 0.4) is 0 Å². The number of nitrogens with one attached hydrogen (secondary N) is 1. The lowest BCUT2D eigenvalue weighted by Crippen LogP contribution is -2.26. The van der Waals surface area contributed by atoms with Crippen molar-refractivity contribution in [3.05, 3.63) is 48.2 Å². The summed E-state index contributed by atoms with van der Waals surface area (Å²) in [5, 5.41) is 10.4. The Morgan fingerprint density at radius 3 is 2.90 bits per heavy atom. The van der Waals surface area contributed by atoms with Gasteiger partial charge in [-0.15, -0.1) is 10.2 Å². The van der Waals surface area contributed by atoms with Crippen molar-refractivity contribution < 1.29 is 4.79 Å². The first-order chi connectivity index (χ1) is 10.3. The predicted octanol–water partition coefficient (Wildman–Crippen LogP) is 1.89. The largest absolute Gasteiger partial charge is 0.348 e. The highest BCUT2D eigenvalue weighted by Gasteiger charge is 2.09. The lowest BCUT2D eigenvalue weighted by Gasteiger charge is -2.13. The minimum absolute atomic E-state index is 0.0850. The molecule has 21 heavy (non-hydrogen) atoms. The van der Waals surface area contributed by atoms with Crippen LogP contribution in [0.25, 0.3) is 5.82 Å². The van der Waals surface area contributed by atoms with Gasteiger partial charge in [-0.25, -0.2) is 4.98 Å². The zero-order valence-electron chi connectivity index (χ0n) is 11.7. The van der Waals surface area contributed by atoms with E-state index in [1.165, 1.54) is 18.4 Å². The Hall–Kier alpha value is -2.50. The maximum atomic E-state index is 12.2. The number of nitrogens with zero attached hydrogens (tertiary/aromatic N) is 4. The van der Waals surface area contributed by atoms with Crippen LogP contribution in [-0.4, -0.2) is 32.2 Å². The second-order valence-corrected chi connectivity index (χ2v) is 5.06. The number of aromatic nitrogens is 4. The molecule has 0 unspecified atom stereocenters. The Balaban J connectivity index is 1.67. The SMILES string of the molecule is O=C(NCC1=CCCCC1)c1ccnc(-n2cnnc2)c1. The topological polar surface area (TPSA) is 72.7 Å². The van der Waals surface area contributed by atoms with Crippen molar-refractivity contribution in [2.75, 3.05) is 6.54 Å². The Morgan fingerprint density at radius 2 is 2.14 bits per heavy atom. The average molecular weight is 283 g/mol. The molecule has 0 aromatic carbocycles. The minimum Gasteiger partial charge on any atom is -0.348 e. The van der Waals surface area contributed by atoms with Crippen LogP contribution in [0, 0.1) is 0 Å². The normalized spacial score (nSPS) is 14.6. The van der Waals surface area contributed by atoms with Crippen LogP contribution in [0.4, 0.5) is 0 Å². The van der Waals surface area contributed by atoms with Gasteiger partial charge in [0, 0.05) is 18.3 Å². The smallest absolute Gasteiger partial charge is 0.251 e. The fraction of sp³-hybridized carbons (Fsp3) is 0.333. The second kappa shape index (κ2) is 6.30. The number of carbonyl (C=O) groups is 1. The molecule has 2 aromatic rings. The summed E-state index contributed by atoms with van der Waals surface area (Å²) in [6.45, 7) is 0.628. The number of pyridine rings is 1. The van der Waals surface area contributed by atoms with Crippen LogP contribution in [0.1, 0.15) is 36.0 Å². The quantitative estimate of drug-likeness (QED) is 0.870. The van der Waals surface area contributed by atoms with Crippen molar-refractivity contribution in [2.45, 2.75) is 25.7 Å². The van der Waals surface area contributed by atoms with E-state index in [2.05, 4.69) is 26.6 Å². The Bertz CT molecular complexity index is 648. The lowest BCUT2D eigenvalue weighted by molar-refractivity contribution is 0.0956. The highest BCUT2D eigenvalue weighted by atomic mass is 16.1. The highest BCUT2D eigenvalue weighted by Crippen LogP contribution is 2.16. The molecular formula is C15H17N5O. The van der Waals surface area contributed by atoms with Crippen LogP contribution < -0.4 is 5.32 Å². The van der Waals surface area contributed by atoms with Gasteiger partial charge in [0.1, 0.15) is 18.5 Å². The molecular weight excluding hydrogens is 266 g/mol. The van der Waals surface area contributed by atoms with Gasteiger partial charge in [-0.2, -0.15) is 0 Å². The molecule has 0 saturated carbocycles. The van der Waals surface area contributed by atoms with Gasteiger partial charge in [0.25, 0.3) is 5.91 Å². The first-order valence-corrected chi connectivity index (χ1v) is 7.10. The standard InChI is InChI=1S/C15H17N5O/c21-15(17-9-12-4-2-1-3-5-12)13-6-7-16-14(8-13)20-10-18-19-11-20/h4,6-8,10-11H,1-3,5,9H2,(H,17,21). The van der Waals surface area contributed by atoms with Crippen molar-refractivity contribution in [3.63, 3.8) is 0 Å². The summed E-state index contributed by atoms with van der Waals surface area (Å²) in [6.07, 6.45) is 11.6. The van der Waals surface area contributed by atoms with E-state index in [1.807, 2.05) is 0 Å². The van der Waals surface area contributed by atoms with Gasteiger partial charge in [0.2, 0.25) is 0 Å². The van der Waals surface area contributed by atoms with E-state index in [0.29, 0.717) is 17.9 Å². The van der Waals surface area contributed by atoms with Gasteiger partial charge in [-0.05, 0) is 37.8 Å². The van der Waals surface area contributed by atoms with Gasteiger partial charge in [0.15, 0.2) is 0 Å². The number of hydrogen-bond acceptors (Lipinski definition) is 4. The second-order valence-electron chi connectivity index (χ2n) is 5.06. The van der Waals surface area contributed by atoms with Crippen molar-refractivity contribution in [1.82, 2.24) is 25.1 Å². The van der Waals surface area contributed by atoms with Gasteiger partial charge < -0.3 is 5.32 Å². The first-order valence-electron chi connectivity index (χ1n) is 7.10. The third-order valence-corrected chi connectivity index (χ3v) is 3.55. The molecule has 0 atom stereocenters. The van der Waals surface area contributed by atoms with E-state index in [-0.39, 0.29) is 5.91 Å². The number of amides is 1. The fourth-order valence-electron chi connectivity index (χ4n) is 2.38. The number of rotatable bonds is 4. The Morgan fingerprint density at radius 1 is 1.29 bits per heavy atom. The maximum absolute atomic E-state index is 12.2. The van der Waals surface area contributed by atoms with Crippen LogP contribution in [0.5, 0.6) is 0 Å². The van der Waals surface area contributed by atoms with Crippen molar-refractivity contribution in [1.29, 1.82) is 0 Å². The molecule has 2 heterocycles. The van der Waals surface area contributed by atoms with E-state index < -0.39 is 0 Å². The summed E-state index contributed by atoms with van der Waals surface area (Å²) in [6, 6.07) is 3.44. The highest BCUT2D eigenvalue weighted by molar-refractivity contribution is 5.94. The lowest BCUT2D eigenvalue weighted by atomic mass is 10.00. The molecule has 1 amide bonds. The molecule has 1 aliphatic carbocycles. The van der Waals surface area contributed by atoms with Crippen molar-refractivity contribution in [3.8, 4) is 5.82 Å². The molecule has 0 bridgehead atoms. The molecule has 0 saturated heterocycles. The van der Waals surface area contributed by atoms with Crippen LogP contribution in [-0.2, 0) is 0 Å². The summed E-state index contributed by atoms with van der Waals surface area (Å²) in [4.78, 5) is 16.4. The van der Waals surface area contributed by atoms with E-state index in [9.17, 15) is 4.79 Å². The van der Waals surface area contributed by atoms with Gasteiger partial charge in [0.05, 0.1) is 0 Å². The zero-order valence-corrected chi connectivity index (χ0v) is 11.7.